The standard InChI is InChI=1S/C20H23N3O2S/c1-23(13-6-4-3-5-7-13)20(24)18-17(21)15-11-12-10-14(25-2)8-9-16(12)22-19(15)26-18/h8-11,13H,3-7,21H2,1-2H3. The summed E-state index contributed by atoms with van der Waals surface area (Å²) < 4.78 is 5.29. The molecule has 0 saturated heterocycles. The van der Waals surface area contributed by atoms with Gasteiger partial charge < -0.3 is 15.4 Å². The van der Waals surface area contributed by atoms with Crippen molar-refractivity contribution in [1.82, 2.24) is 9.88 Å². The van der Waals surface area contributed by atoms with Crippen molar-refractivity contribution >= 4 is 44.1 Å². The SMILES string of the molecule is COc1ccc2nc3sc(C(=O)N(C)C4CCCCC4)c(N)c3cc2c1. The van der Waals surface area contributed by atoms with Gasteiger partial charge in [0.15, 0.2) is 0 Å². The zero-order valence-electron chi connectivity index (χ0n) is 15.1. The van der Waals surface area contributed by atoms with E-state index in [-0.39, 0.29) is 5.91 Å². The van der Waals surface area contributed by atoms with Crippen LogP contribution in [-0.4, -0.2) is 36.0 Å². The zero-order chi connectivity index (χ0) is 18.3. The van der Waals surface area contributed by atoms with Gasteiger partial charge >= 0.3 is 0 Å². The molecule has 2 N–H and O–H groups in total. The molecule has 3 aromatic rings. The highest BCUT2D eigenvalue weighted by Gasteiger charge is 2.26. The number of carbonyl (C=O) groups excluding carboxylic acids is 1. The molecule has 0 radical (unpaired) electrons. The Morgan fingerprint density at radius 1 is 1.27 bits per heavy atom. The van der Waals surface area contributed by atoms with Crippen LogP contribution in [0, 0.1) is 0 Å². The topological polar surface area (TPSA) is 68.5 Å². The maximum atomic E-state index is 13.0. The van der Waals surface area contributed by atoms with Gasteiger partial charge in [-0.3, -0.25) is 4.79 Å². The van der Waals surface area contributed by atoms with Gasteiger partial charge in [0.2, 0.25) is 0 Å². The first-order valence-electron chi connectivity index (χ1n) is 9.02. The Morgan fingerprint density at radius 3 is 2.77 bits per heavy atom. The molecule has 1 aromatic carbocycles. The lowest BCUT2D eigenvalue weighted by Gasteiger charge is -2.31. The van der Waals surface area contributed by atoms with E-state index in [0.29, 0.717) is 16.6 Å². The van der Waals surface area contributed by atoms with Gasteiger partial charge in [-0.25, -0.2) is 4.98 Å². The molecule has 136 valence electrons. The number of fused-ring (bicyclic) bond motifs is 2. The van der Waals surface area contributed by atoms with E-state index in [1.54, 1.807) is 7.11 Å². The van der Waals surface area contributed by atoms with E-state index in [9.17, 15) is 4.79 Å². The van der Waals surface area contributed by atoms with Gasteiger partial charge in [-0.05, 0) is 37.1 Å². The number of nitrogen functional groups attached to an aromatic ring is 1. The number of hydrogen-bond donors (Lipinski definition) is 1. The second-order valence-corrected chi connectivity index (χ2v) is 7.95. The van der Waals surface area contributed by atoms with Gasteiger partial charge in [-0.2, -0.15) is 0 Å². The number of aromatic nitrogens is 1. The number of pyridine rings is 1. The number of carbonyl (C=O) groups is 1. The summed E-state index contributed by atoms with van der Waals surface area (Å²) in [5.74, 6) is 0.791. The normalized spacial score (nSPS) is 15.5. The molecule has 2 heterocycles. The van der Waals surface area contributed by atoms with Crippen molar-refractivity contribution < 1.29 is 9.53 Å². The highest BCUT2D eigenvalue weighted by Crippen LogP contribution is 2.36. The first kappa shape index (κ1) is 17.1. The average molecular weight is 369 g/mol. The average Bonchev–Trinajstić information content (AvgIpc) is 3.01. The molecule has 1 fully saturated rings. The fraction of sp³-hybridized carbons (Fsp3) is 0.400. The third-order valence-electron chi connectivity index (χ3n) is 5.36. The van der Waals surface area contributed by atoms with Gasteiger partial charge in [-0.15, -0.1) is 11.3 Å². The molecule has 0 atom stereocenters. The summed E-state index contributed by atoms with van der Waals surface area (Å²) in [5, 5.41) is 1.80. The molecule has 0 unspecified atom stereocenters. The van der Waals surface area contributed by atoms with Crippen LogP contribution in [-0.2, 0) is 0 Å². The summed E-state index contributed by atoms with van der Waals surface area (Å²) in [6.07, 6.45) is 5.81. The molecule has 26 heavy (non-hydrogen) atoms. The van der Waals surface area contributed by atoms with Gasteiger partial charge in [-0.1, -0.05) is 19.3 Å². The van der Waals surface area contributed by atoms with Crippen molar-refractivity contribution in [1.29, 1.82) is 0 Å². The molecule has 2 aromatic heterocycles. The summed E-state index contributed by atoms with van der Waals surface area (Å²) in [5.41, 5.74) is 7.77. The Kier molecular flexibility index (Phi) is 4.44. The smallest absolute Gasteiger partial charge is 0.266 e. The molecule has 0 spiro atoms. The predicted molar refractivity (Wildman–Crippen MR) is 107 cm³/mol. The van der Waals surface area contributed by atoms with Crippen LogP contribution in [0.5, 0.6) is 5.75 Å². The van der Waals surface area contributed by atoms with E-state index in [1.807, 2.05) is 36.2 Å². The molecule has 1 saturated carbocycles. The minimum atomic E-state index is 0.0130. The van der Waals surface area contributed by atoms with Crippen LogP contribution in [0.2, 0.25) is 0 Å². The minimum absolute atomic E-state index is 0.0130. The largest absolute Gasteiger partial charge is 0.497 e. The molecule has 1 aliphatic carbocycles. The number of thiophene rings is 1. The van der Waals surface area contributed by atoms with E-state index in [1.165, 1.54) is 30.6 Å². The summed E-state index contributed by atoms with van der Waals surface area (Å²) in [6.45, 7) is 0. The Balaban J connectivity index is 1.74. The van der Waals surface area contributed by atoms with Crippen LogP contribution in [0.25, 0.3) is 21.1 Å². The van der Waals surface area contributed by atoms with Crippen molar-refractivity contribution in [3.8, 4) is 5.75 Å². The Labute approximate surface area is 156 Å². The summed E-state index contributed by atoms with van der Waals surface area (Å²) in [6, 6.07) is 8.08. The van der Waals surface area contributed by atoms with Crippen LogP contribution in [0.15, 0.2) is 24.3 Å². The van der Waals surface area contributed by atoms with E-state index in [2.05, 4.69) is 0 Å². The predicted octanol–water partition coefficient (Wildman–Crippen LogP) is 4.45. The van der Waals surface area contributed by atoms with Crippen molar-refractivity contribution in [2.24, 2.45) is 0 Å². The van der Waals surface area contributed by atoms with Gasteiger partial charge in [0.05, 0.1) is 18.3 Å². The third-order valence-corrected chi connectivity index (χ3v) is 6.46. The molecule has 1 aliphatic rings. The van der Waals surface area contributed by atoms with Crippen LogP contribution in [0.4, 0.5) is 5.69 Å². The molecule has 4 rings (SSSR count). The number of nitrogens with two attached hydrogens (primary N) is 1. The van der Waals surface area contributed by atoms with Crippen molar-refractivity contribution in [3.63, 3.8) is 0 Å². The van der Waals surface area contributed by atoms with Crippen LogP contribution >= 0.6 is 11.3 Å². The Hall–Kier alpha value is -2.34. The molecular formula is C20H23N3O2S. The molecule has 5 nitrogen and oxygen atoms in total. The Morgan fingerprint density at radius 2 is 2.04 bits per heavy atom. The first-order valence-corrected chi connectivity index (χ1v) is 9.84. The number of hydrogen-bond acceptors (Lipinski definition) is 5. The van der Waals surface area contributed by atoms with E-state index in [0.717, 1.165) is 39.7 Å². The number of benzene rings is 1. The van der Waals surface area contributed by atoms with Crippen molar-refractivity contribution in [2.45, 2.75) is 38.1 Å². The maximum absolute atomic E-state index is 13.0. The lowest BCUT2D eigenvalue weighted by atomic mass is 9.94. The summed E-state index contributed by atoms with van der Waals surface area (Å²) in [4.78, 5) is 21.0. The second kappa shape index (κ2) is 6.76. The minimum Gasteiger partial charge on any atom is -0.497 e. The number of rotatable bonds is 3. The van der Waals surface area contributed by atoms with Gasteiger partial charge in [0.1, 0.15) is 15.5 Å². The molecular weight excluding hydrogens is 346 g/mol. The van der Waals surface area contributed by atoms with E-state index in [4.69, 9.17) is 15.5 Å². The molecule has 0 aliphatic heterocycles. The highest BCUT2D eigenvalue weighted by molar-refractivity contribution is 7.21. The fourth-order valence-corrected chi connectivity index (χ4v) is 4.83. The summed E-state index contributed by atoms with van der Waals surface area (Å²) >= 11 is 1.39. The third kappa shape index (κ3) is 2.88. The second-order valence-electron chi connectivity index (χ2n) is 6.95. The van der Waals surface area contributed by atoms with Crippen molar-refractivity contribution in [3.05, 3.63) is 29.1 Å². The molecule has 6 heteroatoms. The Bertz CT molecular complexity index is 976. The van der Waals surface area contributed by atoms with Gasteiger partial charge in [0.25, 0.3) is 5.91 Å². The van der Waals surface area contributed by atoms with Crippen LogP contribution < -0.4 is 10.5 Å². The van der Waals surface area contributed by atoms with Crippen molar-refractivity contribution in [2.75, 3.05) is 19.9 Å². The van der Waals surface area contributed by atoms with Crippen LogP contribution in [0.1, 0.15) is 41.8 Å². The maximum Gasteiger partial charge on any atom is 0.266 e. The quantitative estimate of drug-likeness (QED) is 0.741. The number of anilines is 1. The lowest BCUT2D eigenvalue weighted by molar-refractivity contribution is 0.0702. The van der Waals surface area contributed by atoms with Gasteiger partial charge in [0, 0.05) is 23.9 Å². The monoisotopic (exact) mass is 369 g/mol. The lowest BCUT2D eigenvalue weighted by Crippen LogP contribution is -2.38. The highest BCUT2D eigenvalue weighted by atomic mass is 32.1. The van der Waals surface area contributed by atoms with E-state index < -0.39 is 0 Å². The number of nitrogens with zero attached hydrogens (tertiary/aromatic N) is 2. The number of methoxy groups -OCH3 is 1. The number of ether oxygens (including phenoxy) is 1. The molecule has 0 bridgehead atoms. The van der Waals surface area contributed by atoms with Crippen LogP contribution in [0.3, 0.4) is 0 Å². The number of amides is 1. The summed E-state index contributed by atoms with van der Waals surface area (Å²) in [7, 11) is 3.54. The molecule has 1 amide bonds. The zero-order valence-corrected chi connectivity index (χ0v) is 15.9. The van der Waals surface area contributed by atoms with E-state index >= 15 is 0 Å². The fourth-order valence-electron chi connectivity index (χ4n) is 3.76. The first-order chi connectivity index (χ1) is 12.6.